The number of non-ortho nitro benzene ring substituents is 1. The van der Waals surface area contributed by atoms with Crippen molar-refractivity contribution in [3.63, 3.8) is 0 Å². The molecule has 164 valence electrons. The van der Waals surface area contributed by atoms with Crippen LogP contribution in [-0.4, -0.2) is 68.5 Å². The minimum atomic E-state index is -0.554. The summed E-state index contributed by atoms with van der Waals surface area (Å²) < 4.78 is 0. The molecule has 0 radical (unpaired) electrons. The van der Waals surface area contributed by atoms with Crippen LogP contribution < -0.4 is 15.1 Å². The molecule has 2 amide bonds. The summed E-state index contributed by atoms with van der Waals surface area (Å²) in [5.41, 5.74) is 1.55. The lowest BCUT2D eigenvalue weighted by atomic mass is 10.1. The number of rotatable bonds is 6. The van der Waals surface area contributed by atoms with Crippen molar-refractivity contribution >= 4 is 40.5 Å². The smallest absolute Gasteiger partial charge is 0.270 e. The van der Waals surface area contributed by atoms with Crippen LogP contribution in [0.1, 0.15) is 10.4 Å². The van der Waals surface area contributed by atoms with Crippen molar-refractivity contribution in [1.82, 2.24) is 10.2 Å². The highest BCUT2D eigenvalue weighted by atomic mass is 35.5. The summed E-state index contributed by atoms with van der Waals surface area (Å²) in [6.45, 7) is 2.26. The van der Waals surface area contributed by atoms with Crippen LogP contribution in [0, 0.1) is 10.1 Å². The van der Waals surface area contributed by atoms with Gasteiger partial charge in [0.15, 0.2) is 0 Å². The summed E-state index contributed by atoms with van der Waals surface area (Å²) in [6, 6.07) is 11.6. The Labute approximate surface area is 185 Å². The number of piperazine rings is 1. The molecule has 1 N–H and O–H groups in total. The summed E-state index contributed by atoms with van der Waals surface area (Å²) in [4.78, 5) is 41.3. The third-order valence-electron chi connectivity index (χ3n) is 5.14. The predicted molar refractivity (Wildman–Crippen MR) is 120 cm³/mol. The lowest BCUT2D eigenvalue weighted by Gasteiger charge is -2.36. The second kappa shape index (κ2) is 9.65. The first-order chi connectivity index (χ1) is 14.8. The largest absolute Gasteiger partial charge is 0.377 e. The first kappa shape index (κ1) is 22.4. The van der Waals surface area contributed by atoms with Crippen LogP contribution in [0.5, 0.6) is 0 Å². The van der Waals surface area contributed by atoms with Crippen LogP contribution in [0.4, 0.5) is 17.1 Å². The number of anilines is 2. The van der Waals surface area contributed by atoms with E-state index >= 15 is 0 Å². The Balaban J connectivity index is 1.57. The number of halogens is 1. The number of nitrogens with one attached hydrogen (secondary N) is 1. The summed E-state index contributed by atoms with van der Waals surface area (Å²) >= 11 is 5.93. The highest BCUT2D eigenvalue weighted by Crippen LogP contribution is 2.24. The van der Waals surface area contributed by atoms with Crippen molar-refractivity contribution in [1.29, 1.82) is 0 Å². The molecule has 9 nitrogen and oxygen atoms in total. The molecule has 1 aliphatic heterocycles. The number of benzene rings is 2. The Bertz CT molecular complexity index is 972. The van der Waals surface area contributed by atoms with E-state index in [2.05, 4.69) is 10.2 Å². The Morgan fingerprint density at radius 2 is 1.74 bits per heavy atom. The third kappa shape index (κ3) is 5.43. The molecule has 1 fully saturated rings. The fourth-order valence-electron chi connectivity index (χ4n) is 3.44. The zero-order valence-electron chi connectivity index (χ0n) is 17.4. The van der Waals surface area contributed by atoms with Gasteiger partial charge in [0.05, 0.1) is 17.0 Å². The average molecular weight is 446 g/mol. The molecule has 2 aromatic rings. The fraction of sp³-hybridized carbons (Fsp3) is 0.333. The van der Waals surface area contributed by atoms with Crippen molar-refractivity contribution in [2.75, 3.05) is 56.6 Å². The van der Waals surface area contributed by atoms with Gasteiger partial charge in [-0.15, -0.1) is 0 Å². The van der Waals surface area contributed by atoms with Crippen LogP contribution in [0.15, 0.2) is 42.5 Å². The molecule has 0 atom stereocenters. The van der Waals surface area contributed by atoms with Crippen molar-refractivity contribution in [2.24, 2.45) is 0 Å². The maximum atomic E-state index is 12.6. The minimum Gasteiger partial charge on any atom is -0.377 e. The van der Waals surface area contributed by atoms with Gasteiger partial charge in [-0.25, -0.2) is 0 Å². The summed E-state index contributed by atoms with van der Waals surface area (Å²) in [7, 11) is 3.48. The molecule has 2 aromatic carbocycles. The van der Waals surface area contributed by atoms with Gasteiger partial charge in [0.25, 0.3) is 11.6 Å². The van der Waals surface area contributed by atoms with Gasteiger partial charge in [-0.05, 0) is 30.3 Å². The van der Waals surface area contributed by atoms with Gasteiger partial charge in [-0.2, -0.15) is 0 Å². The minimum absolute atomic E-state index is 0.152. The summed E-state index contributed by atoms with van der Waals surface area (Å²) in [5, 5.41) is 14.3. The molecular formula is C21H24ClN5O4. The lowest BCUT2D eigenvalue weighted by Crippen LogP contribution is -2.51. The Kier molecular flexibility index (Phi) is 6.96. The molecule has 10 heteroatoms. The maximum absolute atomic E-state index is 12.6. The maximum Gasteiger partial charge on any atom is 0.270 e. The van der Waals surface area contributed by atoms with Crippen LogP contribution in [0.2, 0.25) is 5.02 Å². The quantitative estimate of drug-likeness (QED) is 0.541. The highest BCUT2D eigenvalue weighted by molar-refractivity contribution is 6.30. The third-order valence-corrected chi connectivity index (χ3v) is 5.39. The van der Waals surface area contributed by atoms with Gasteiger partial charge in [0.1, 0.15) is 0 Å². The number of hydrogen-bond acceptors (Lipinski definition) is 6. The molecule has 0 bridgehead atoms. The first-order valence-corrected chi connectivity index (χ1v) is 10.2. The second-order valence-electron chi connectivity index (χ2n) is 7.38. The number of nitro groups is 1. The molecule has 0 saturated carbocycles. The van der Waals surface area contributed by atoms with Crippen molar-refractivity contribution in [2.45, 2.75) is 0 Å². The number of nitrogens with zero attached hydrogens (tertiary/aromatic N) is 4. The van der Waals surface area contributed by atoms with E-state index in [1.54, 1.807) is 23.9 Å². The van der Waals surface area contributed by atoms with Gasteiger partial charge in [-0.1, -0.05) is 11.6 Å². The Morgan fingerprint density at radius 1 is 1.10 bits per heavy atom. The summed E-state index contributed by atoms with van der Waals surface area (Å²) in [5.74, 6) is -0.721. The molecular weight excluding hydrogens is 422 g/mol. The Morgan fingerprint density at radius 3 is 2.32 bits per heavy atom. The van der Waals surface area contributed by atoms with Crippen LogP contribution in [0.3, 0.4) is 0 Å². The molecule has 0 aliphatic carbocycles. The van der Waals surface area contributed by atoms with E-state index in [1.165, 1.54) is 18.2 Å². The van der Waals surface area contributed by atoms with E-state index in [0.717, 1.165) is 5.69 Å². The van der Waals surface area contributed by atoms with Crippen LogP contribution in [0.25, 0.3) is 0 Å². The molecule has 1 heterocycles. The fourth-order valence-corrected chi connectivity index (χ4v) is 3.56. The predicted octanol–water partition coefficient (Wildman–Crippen LogP) is 2.39. The topological polar surface area (TPSA) is 99.0 Å². The molecule has 0 spiro atoms. The van der Waals surface area contributed by atoms with E-state index in [-0.39, 0.29) is 23.7 Å². The molecule has 0 unspecified atom stereocenters. The van der Waals surface area contributed by atoms with E-state index < -0.39 is 10.8 Å². The molecule has 1 saturated heterocycles. The van der Waals surface area contributed by atoms with Gasteiger partial charge in [0, 0.05) is 68.8 Å². The first-order valence-electron chi connectivity index (χ1n) is 9.78. The standard InChI is InChI=1S/C21H24ClN5O4/c1-24(2)19-8-7-17(27(30)31)13-18(19)21(29)23-14-20(28)26-11-9-25(10-12-26)16-5-3-15(22)4-6-16/h3-8,13H,9-12,14H2,1-2H3,(H,23,29). The number of hydrogen-bond donors (Lipinski definition) is 1. The monoisotopic (exact) mass is 445 g/mol. The van der Waals surface area contributed by atoms with Crippen LogP contribution in [-0.2, 0) is 4.79 Å². The zero-order chi connectivity index (χ0) is 22.5. The second-order valence-corrected chi connectivity index (χ2v) is 7.82. The van der Waals surface area contributed by atoms with Crippen molar-refractivity contribution < 1.29 is 14.5 Å². The average Bonchev–Trinajstić information content (AvgIpc) is 2.77. The number of carbonyl (C=O) groups excluding carboxylic acids is 2. The molecule has 31 heavy (non-hydrogen) atoms. The Hall–Kier alpha value is -3.33. The van der Waals surface area contributed by atoms with Crippen LogP contribution >= 0.6 is 11.6 Å². The SMILES string of the molecule is CN(C)c1ccc([N+](=O)[O-])cc1C(=O)NCC(=O)N1CCN(c2ccc(Cl)cc2)CC1. The van der Waals surface area contributed by atoms with Crippen molar-refractivity contribution in [3.05, 3.63) is 63.2 Å². The molecule has 0 aromatic heterocycles. The van der Waals surface area contributed by atoms with Gasteiger partial charge in [0.2, 0.25) is 5.91 Å². The lowest BCUT2D eigenvalue weighted by molar-refractivity contribution is -0.384. The number of carbonyl (C=O) groups is 2. The zero-order valence-corrected chi connectivity index (χ0v) is 18.1. The van der Waals surface area contributed by atoms with E-state index in [0.29, 0.717) is 36.9 Å². The number of nitro benzene ring substituents is 1. The van der Waals surface area contributed by atoms with E-state index in [9.17, 15) is 19.7 Å². The van der Waals surface area contributed by atoms with E-state index in [4.69, 9.17) is 11.6 Å². The number of amides is 2. The molecule has 1 aliphatic rings. The van der Waals surface area contributed by atoms with Gasteiger partial charge in [-0.3, -0.25) is 19.7 Å². The van der Waals surface area contributed by atoms with Gasteiger partial charge >= 0.3 is 0 Å². The summed E-state index contributed by atoms with van der Waals surface area (Å²) in [6.07, 6.45) is 0. The molecule has 3 rings (SSSR count). The normalized spacial score (nSPS) is 13.6. The van der Waals surface area contributed by atoms with Crippen molar-refractivity contribution in [3.8, 4) is 0 Å². The van der Waals surface area contributed by atoms with Gasteiger partial charge < -0.3 is 20.0 Å². The highest BCUT2D eigenvalue weighted by Gasteiger charge is 2.23. The van der Waals surface area contributed by atoms with E-state index in [1.807, 2.05) is 24.3 Å².